The monoisotopic (exact) mass is 260 g/mol. The van der Waals surface area contributed by atoms with Gasteiger partial charge >= 0.3 is 0 Å². The third kappa shape index (κ3) is 2.37. The molecule has 0 aromatic carbocycles. The Morgan fingerprint density at radius 1 is 1.47 bits per heavy atom. The average molecular weight is 260 g/mol. The van der Waals surface area contributed by atoms with E-state index in [4.69, 9.17) is 5.84 Å². The van der Waals surface area contributed by atoms with Gasteiger partial charge in [-0.25, -0.2) is 28.6 Å². The van der Waals surface area contributed by atoms with Crippen molar-refractivity contribution in [2.45, 2.75) is 19.3 Å². The number of aromatic nitrogens is 2. The van der Waals surface area contributed by atoms with Crippen molar-refractivity contribution in [3.8, 4) is 0 Å². The summed E-state index contributed by atoms with van der Waals surface area (Å²) in [5.74, 6) is 4.63. The minimum absolute atomic E-state index is 0.0160. The lowest BCUT2D eigenvalue weighted by atomic mass is 10.1. The van der Waals surface area contributed by atoms with Crippen molar-refractivity contribution in [2.24, 2.45) is 5.84 Å². The molecule has 1 aromatic rings. The van der Waals surface area contributed by atoms with Gasteiger partial charge in [-0.1, -0.05) is 0 Å². The summed E-state index contributed by atoms with van der Waals surface area (Å²) >= 11 is 0. The summed E-state index contributed by atoms with van der Waals surface area (Å²) in [6, 6.07) is 0. The van der Waals surface area contributed by atoms with Gasteiger partial charge in [0.15, 0.2) is 21.5 Å². The van der Waals surface area contributed by atoms with Gasteiger partial charge in [-0.3, -0.25) is 0 Å². The third-order valence-corrected chi connectivity index (χ3v) is 4.54. The highest BCUT2D eigenvalue weighted by atomic mass is 32.2. The second kappa shape index (κ2) is 4.19. The van der Waals surface area contributed by atoms with Crippen LogP contribution >= 0.6 is 0 Å². The van der Waals surface area contributed by atoms with Crippen LogP contribution in [0.15, 0.2) is 0 Å². The van der Waals surface area contributed by atoms with Crippen molar-refractivity contribution in [3.05, 3.63) is 17.3 Å². The van der Waals surface area contributed by atoms with Crippen LogP contribution in [-0.2, 0) is 9.84 Å². The molecule has 1 aromatic heterocycles. The predicted octanol–water partition coefficient (Wildman–Crippen LogP) is 0.112. The second-order valence-electron chi connectivity index (χ2n) is 4.07. The molecule has 94 valence electrons. The van der Waals surface area contributed by atoms with E-state index in [2.05, 4.69) is 15.4 Å². The van der Waals surface area contributed by atoms with Crippen molar-refractivity contribution < 1.29 is 12.8 Å². The first-order chi connectivity index (χ1) is 7.93. The molecule has 1 saturated heterocycles. The highest BCUT2D eigenvalue weighted by molar-refractivity contribution is 7.91. The van der Waals surface area contributed by atoms with Crippen LogP contribution in [0.2, 0.25) is 0 Å². The molecular formula is C9H13FN4O2S. The standard InChI is InChI=1S/C9H13FN4O2S/c1-5-7(10)9(14-11)13-8(12-5)6-2-3-17(15,16)4-6/h6H,2-4,11H2,1H3,(H,12,13,14). The van der Waals surface area contributed by atoms with Crippen LogP contribution in [0.1, 0.15) is 23.9 Å². The van der Waals surface area contributed by atoms with E-state index >= 15 is 0 Å². The highest BCUT2D eigenvalue weighted by Gasteiger charge is 2.31. The van der Waals surface area contributed by atoms with Crippen LogP contribution in [0.25, 0.3) is 0 Å². The van der Waals surface area contributed by atoms with Crippen molar-refractivity contribution in [2.75, 3.05) is 16.9 Å². The molecule has 1 aliphatic rings. The largest absolute Gasteiger partial charge is 0.306 e. The lowest BCUT2D eigenvalue weighted by molar-refractivity contribution is 0.590. The molecule has 0 radical (unpaired) electrons. The van der Waals surface area contributed by atoms with Crippen LogP contribution in [-0.4, -0.2) is 29.9 Å². The Morgan fingerprint density at radius 3 is 2.71 bits per heavy atom. The molecule has 8 heteroatoms. The number of rotatable bonds is 2. The maximum atomic E-state index is 13.4. The quantitative estimate of drug-likeness (QED) is 0.578. The minimum atomic E-state index is -3.01. The number of hydrogen-bond donors (Lipinski definition) is 2. The van der Waals surface area contributed by atoms with Gasteiger partial charge in [0.25, 0.3) is 0 Å². The number of nitrogens with two attached hydrogens (primary N) is 1. The molecule has 2 rings (SSSR count). The Kier molecular flexibility index (Phi) is 3.00. The summed E-state index contributed by atoms with van der Waals surface area (Å²) < 4.78 is 36.1. The fourth-order valence-corrected chi connectivity index (χ4v) is 3.60. The van der Waals surface area contributed by atoms with E-state index in [1.165, 1.54) is 6.92 Å². The van der Waals surface area contributed by atoms with Gasteiger partial charge in [0, 0.05) is 5.92 Å². The number of nitrogens with one attached hydrogen (secondary N) is 1. The number of aryl methyl sites for hydroxylation is 1. The SMILES string of the molecule is Cc1nc(C2CCS(=O)(=O)C2)nc(NN)c1F. The Morgan fingerprint density at radius 2 is 2.18 bits per heavy atom. The molecule has 0 bridgehead atoms. The fourth-order valence-electron chi connectivity index (χ4n) is 1.86. The van der Waals surface area contributed by atoms with Crippen molar-refractivity contribution in [1.82, 2.24) is 9.97 Å². The maximum Gasteiger partial charge on any atom is 0.187 e. The molecule has 17 heavy (non-hydrogen) atoms. The number of sulfone groups is 1. The van der Waals surface area contributed by atoms with Gasteiger partial charge in [0.1, 0.15) is 5.82 Å². The molecule has 3 N–H and O–H groups in total. The second-order valence-corrected chi connectivity index (χ2v) is 6.30. The first-order valence-corrected chi connectivity index (χ1v) is 6.96. The molecule has 2 heterocycles. The van der Waals surface area contributed by atoms with Crippen molar-refractivity contribution >= 4 is 15.7 Å². The molecule has 1 unspecified atom stereocenters. The van der Waals surface area contributed by atoms with E-state index in [0.717, 1.165) is 0 Å². The number of nitrogens with zero attached hydrogens (tertiary/aromatic N) is 2. The summed E-state index contributed by atoms with van der Waals surface area (Å²) in [5.41, 5.74) is 2.30. The van der Waals surface area contributed by atoms with Crippen LogP contribution in [0.3, 0.4) is 0 Å². The maximum absolute atomic E-state index is 13.4. The van der Waals surface area contributed by atoms with Gasteiger partial charge in [0.05, 0.1) is 17.2 Å². The van der Waals surface area contributed by atoms with E-state index < -0.39 is 15.7 Å². The molecule has 1 fully saturated rings. The lowest BCUT2D eigenvalue weighted by Crippen LogP contribution is -2.16. The van der Waals surface area contributed by atoms with E-state index in [9.17, 15) is 12.8 Å². The van der Waals surface area contributed by atoms with Gasteiger partial charge in [-0.05, 0) is 13.3 Å². The summed E-state index contributed by atoms with van der Waals surface area (Å²) in [5, 5.41) is 0. The third-order valence-electron chi connectivity index (χ3n) is 2.77. The van der Waals surface area contributed by atoms with Crippen LogP contribution in [0.5, 0.6) is 0 Å². The number of anilines is 1. The number of hydrazine groups is 1. The average Bonchev–Trinajstić information content (AvgIpc) is 2.62. The molecule has 6 nitrogen and oxygen atoms in total. The Balaban J connectivity index is 2.37. The molecule has 0 saturated carbocycles. The predicted molar refractivity (Wildman–Crippen MR) is 60.5 cm³/mol. The van der Waals surface area contributed by atoms with E-state index in [0.29, 0.717) is 12.2 Å². The highest BCUT2D eigenvalue weighted by Crippen LogP contribution is 2.28. The van der Waals surface area contributed by atoms with E-state index in [1.54, 1.807) is 0 Å². The zero-order valence-corrected chi connectivity index (χ0v) is 10.1. The first kappa shape index (κ1) is 12.2. The normalized spacial score (nSPS) is 22.6. The molecular weight excluding hydrogens is 247 g/mol. The van der Waals surface area contributed by atoms with E-state index in [-0.39, 0.29) is 28.9 Å². The van der Waals surface area contributed by atoms with Crippen LogP contribution < -0.4 is 11.3 Å². The Hall–Kier alpha value is -1.28. The molecule has 1 aliphatic heterocycles. The zero-order valence-electron chi connectivity index (χ0n) is 9.27. The van der Waals surface area contributed by atoms with Crippen molar-refractivity contribution in [3.63, 3.8) is 0 Å². The summed E-state index contributed by atoms with van der Waals surface area (Å²) in [6.45, 7) is 1.49. The summed E-state index contributed by atoms with van der Waals surface area (Å²) in [7, 11) is -3.01. The lowest BCUT2D eigenvalue weighted by Gasteiger charge is -2.10. The minimum Gasteiger partial charge on any atom is -0.306 e. The Labute approximate surface area is 98.3 Å². The first-order valence-electron chi connectivity index (χ1n) is 5.14. The molecule has 0 amide bonds. The molecule has 0 aliphatic carbocycles. The number of hydrogen-bond acceptors (Lipinski definition) is 6. The van der Waals surface area contributed by atoms with Crippen LogP contribution in [0, 0.1) is 12.7 Å². The fraction of sp³-hybridized carbons (Fsp3) is 0.556. The number of nitrogen functional groups attached to an aromatic ring is 1. The van der Waals surface area contributed by atoms with Gasteiger partial charge in [0.2, 0.25) is 0 Å². The van der Waals surface area contributed by atoms with Crippen LogP contribution in [0.4, 0.5) is 10.2 Å². The summed E-state index contributed by atoms with van der Waals surface area (Å²) in [4.78, 5) is 7.90. The number of halogens is 1. The smallest absolute Gasteiger partial charge is 0.187 e. The topological polar surface area (TPSA) is 98.0 Å². The molecule has 1 atom stereocenters. The van der Waals surface area contributed by atoms with Gasteiger partial charge in [-0.2, -0.15) is 0 Å². The summed E-state index contributed by atoms with van der Waals surface area (Å²) in [6.07, 6.45) is 0.470. The van der Waals surface area contributed by atoms with E-state index in [1.807, 2.05) is 0 Å². The van der Waals surface area contributed by atoms with Gasteiger partial charge in [-0.15, -0.1) is 0 Å². The van der Waals surface area contributed by atoms with Crippen molar-refractivity contribution in [1.29, 1.82) is 0 Å². The molecule has 0 spiro atoms. The van der Waals surface area contributed by atoms with Gasteiger partial charge < -0.3 is 5.43 Å². The zero-order chi connectivity index (χ0) is 12.6. The Bertz CT molecular complexity index is 546.